The topological polar surface area (TPSA) is 20.3 Å². The van der Waals surface area contributed by atoms with Crippen molar-refractivity contribution in [1.29, 1.82) is 0 Å². The SMILES string of the molecule is C=CC[C@H](C)C[C@H]1CC(=O)N(CCc2ccccc2)C1. The lowest BCUT2D eigenvalue weighted by molar-refractivity contribution is -0.127. The predicted molar refractivity (Wildman–Crippen MR) is 83.4 cm³/mol. The monoisotopic (exact) mass is 271 g/mol. The molecule has 1 aromatic rings. The van der Waals surface area contributed by atoms with Crippen LogP contribution in [0.1, 0.15) is 31.7 Å². The number of hydrogen-bond acceptors (Lipinski definition) is 1. The molecule has 1 aliphatic rings. The molecule has 1 saturated heterocycles. The highest BCUT2D eigenvalue weighted by molar-refractivity contribution is 5.78. The van der Waals surface area contributed by atoms with Gasteiger partial charge in [-0.2, -0.15) is 0 Å². The fourth-order valence-corrected chi connectivity index (χ4v) is 3.09. The van der Waals surface area contributed by atoms with E-state index in [0.717, 1.165) is 38.8 Å². The molecule has 1 amide bonds. The minimum absolute atomic E-state index is 0.330. The molecule has 1 fully saturated rings. The van der Waals surface area contributed by atoms with Crippen LogP contribution in [0.5, 0.6) is 0 Å². The van der Waals surface area contributed by atoms with Gasteiger partial charge in [0.2, 0.25) is 5.91 Å². The van der Waals surface area contributed by atoms with Crippen LogP contribution in [0.4, 0.5) is 0 Å². The number of amides is 1. The average molecular weight is 271 g/mol. The summed E-state index contributed by atoms with van der Waals surface area (Å²) in [6, 6.07) is 10.4. The molecule has 2 atom stereocenters. The molecule has 0 N–H and O–H groups in total. The summed E-state index contributed by atoms with van der Waals surface area (Å²) < 4.78 is 0. The Morgan fingerprint density at radius 3 is 2.85 bits per heavy atom. The van der Waals surface area contributed by atoms with Crippen molar-refractivity contribution in [2.24, 2.45) is 11.8 Å². The minimum Gasteiger partial charge on any atom is -0.342 e. The molecule has 0 spiro atoms. The molecule has 0 aromatic heterocycles. The molecule has 2 nitrogen and oxygen atoms in total. The molecule has 0 bridgehead atoms. The van der Waals surface area contributed by atoms with Crippen molar-refractivity contribution in [1.82, 2.24) is 4.90 Å². The number of benzene rings is 1. The van der Waals surface area contributed by atoms with Crippen molar-refractivity contribution < 1.29 is 4.79 Å². The Hall–Kier alpha value is -1.57. The van der Waals surface area contributed by atoms with Gasteiger partial charge in [-0.25, -0.2) is 0 Å². The molecule has 0 radical (unpaired) electrons. The lowest BCUT2D eigenvalue weighted by atomic mass is 9.93. The molecular weight excluding hydrogens is 246 g/mol. The van der Waals surface area contributed by atoms with Gasteiger partial charge in [-0.3, -0.25) is 4.79 Å². The highest BCUT2D eigenvalue weighted by Crippen LogP contribution is 2.26. The van der Waals surface area contributed by atoms with Crippen molar-refractivity contribution in [3.05, 3.63) is 48.6 Å². The van der Waals surface area contributed by atoms with Gasteiger partial charge in [0.1, 0.15) is 0 Å². The quantitative estimate of drug-likeness (QED) is 0.693. The van der Waals surface area contributed by atoms with Gasteiger partial charge in [0.05, 0.1) is 0 Å². The molecule has 1 heterocycles. The molecule has 0 unspecified atom stereocenters. The van der Waals surface area contributed by atoms with Crippen molar-refractivity contribution in [3.63, 3.8) is 0 Å². The standard InChI is InChI=1S/C18H25NO/c1-3-7-15(2)12-17-13-18(20)19(14-17)11-10-16-8-5-4-6-9-16/h3-6,8-9,15,17H,1,7,10-14H2,2H3/t15-,17-/m0/s1. The number of carbonyl (C=O) groups is 1. The van der Waals surface area contributed by atoms with Crippen LogP contribution in [0, 0.1) is 11.8 Å². The lowest BCUT2D eigenvalue weighted by Gasteiger charge is -2.18. The van der Waals surface area contributed by atoms with E-state index in [4.69, 9.17) is 0 Å². The van der Waals surface area contributed by atoms with Crippen LogP contribution in [0.2, 0.25) is 0 Å². The van der Waals surface area contributed by atoms with Gasteiger partial charge in [-0.15, -0.1) is 6.58 Å². The second kappa shape index (κ2) is 7.28. The summed E-state index contributed by atoms with van der Waals surface area (Å²) in [4.78, 5) is 14.1. The highest BCUT2D eigenvalue weighted by Gasteiger charge is 2.29. The highest BCUT2D eigenvalue weighted by atomic mass is 16.2. The van der Waals surface area contributed by atoms with Gasteiger partial charge < -0.3 is 4.90 Å². The van der Waals surface area contributed by atoms with Gasteiger partial charge >= 0.3 is 0 Å². The van der Waals surface area contributed by atoms with Gasteiger partial charge in [0.15, 0.2) is 0 Å². The Bertz CT molecular complexity index is 440. The van der Waals surface area contributed by atoms with E-state index in [1.165, 1.54) is 5.56 Å². The first-order valence-electron chi connectivity index (χ1n) is 7.61. The van der Waals surface area contributed by atoms with E-state index in [1.807, 2.05) is 17.0 Å². The molecule has 0 saturated carbocycles. The predicted octanol–water partition coefficient (Wildman–Crippen LogP) is 3.68. The smallest absolute Gasteiger partial charge is 0.222 e. The van der Waals surface area contributed by atoms with Gasteiger partial charge in [-0.1, -0.05) is 43.3 Å². The summed E-state index contributed by atoms with van der Waals surface area (Å²) in [5, 5.41) is 0. The van der Waals surface area contributed by atoms with E-state index >= 15 is 0 Å². The normalized spacial score (nSPS) is 20.1. The van der Waals surface area contributed by atoms with E-state index in [0.29, 0.717) is 17.7 Å². The summed E-state index contributed by atoms with van der Waals surface area (Å²) in [6.07, 6.45) is 5.86. The zero-order chi connectivity index (χ0) is 14.4. The summed E-state index contributed by atoms with van der Waals surface area (Å²) in [6.45, 7) is 7.83. The van der Waals surface area contributed by atoms with Crippen LogP contribution < -0.4 is 0 Å². The third kappa shape index (κ3) is 4.22. The van der Waals surface area contributed by atoms with E-state index in [1.54, 1.807) is 0 Å². The number of rotatable bonds is 7. The third-order valence-corrected chi connectivity index (χ3v) is 4.11. The van der Waals surface area contributed by atoms with Gasteiger partial charge in [0.25, 0.3) is 0 Å². The first-order chi connectivity index (χ1) is 9.69. The van der Waals surface area contributed by atoms with Crippen LogP contribution in [-0.4, -0.2) is 23.9 Å². The van der Waals surface area contributed by atoms with E-state index < -0.39 is 0 Å². The maximum Gasteiger partial charge on any atom is 0.222 e. The molecule has 108 valence electrons. The molecule has 1 aromatic carbocycles. The fourth-order valence-electron chi connectivity index (χ4n) is 3.09. The lowest BCUT2D eigenvalue weighted by Crippen LogP contribution is -2.27. The average Bonchev–Trinajstić information content (AvgIpc) is 2.78. The second-order valence-corrected chi connectivity index (χ2v) is 6.01. The van der Waals surface area contributed by atoms with Crippen molar-refractivity contribution in [3.8, 4) is 0 Å². The van der Waals surface area contributed by atoms with Crippen molar-refractivity contribution in [2.45, 2.75) is 32.6 Å². The Kier molecular flexibility index (Phi) is 5.40. The summed E-state index contributed by atoms with van der Waals surface area (Å²) >= 11 is 0. The molecular formula is C18H25NO. The Labute approximate surface area is 122 Å². The molecule has 2 heteroatoms. The van der Waals surface area contributed by atoms with Crippen molar-refractivity contribution in [2.75, 3.05) is 13.1 Å². The summed E-state index contributed by atoms with van der Waals surface area (Å²) in [5.41, 5.74) is 1.31. The molecule has 20 heavy (non-hydrogen) atoms. The second-order valence-electron chi connectivity index (χ2n) is 6.01. The number of nitrogens with zero attached hydrogens (tertiary/aromatic N) is 1. The van der Waals surface area contributed by atoms with E-state index in [9.17, 15) is 4.79 Å². The Morgan fingerprint density at radius 1 is 1.40 bits per heavy atom. The number of carbonyl (C=O) groups excluding carboxylic acids is 1. The van der Waals surface area contributed by atoms with E-state index in [-0.39, 0.29) is 0 Å². The third-order valence-electron chi connectivity index (χ3n) is 4.11. The zero-order valence-corrected chi connectivity index (χ0v) is 12.4. The molecule has 0 aliphatic carbocycles. The molecule has 2 rings (SSSR count). The van der Waals surface area contributed by atoms with Crippen LogP contribution in [0.25, 0.3) is 0 Å². The van der Waals surface area contributed by atoms with Gasteiger partial charge in [-0.05, 0) is 36.7 Å². The minimum atomic E-state index is 0.330. The first-order valence-corrected chi connectivity index (χ1v) is 7.61. The fraction of sp³-hybridized carbons (Fsp3) is 0.500. The number of allylic oxidation sites excluding steroid dienone is 1. The number of likely N-dealkylation sites (tertiary alicyclic amines) is 1. The maximum atomic E-state index is 12.1. The summed E-state index contributed by atoms with van der Waals surface area (Å²) in [5.74, 6) is 1.50. The Balaban J connectivity index is 1.79. The van der Waals surface area contributed by atoms with Crippen LogP contribution >= 0.6 is 0 Å². The zero-order valence-electron chi connectivity index (χ0n) is 12.4. The largest absolute Gasteiger partial charge is 0.342 e. The number of hydrogen-bond donors (Lipinski definition) is 0. The van der Waals surface area contributed by atoms with Crippen molar-refractivity contribution >= 4 is 5.91 Å². The van der Waals surface area contributed by atoms with E-state index in [2.05, 4.69) is 37.8 Å². The first kappa shape index (κ1) is 14.8. The van der Waals surface area contributed by atoms with Crippen LogP contribution in [0.3, 0.4) is 0 Å². The Morgan fingerprint density at radius 2 is 2.15 bits per heavy atom. The van der Waals surface area contributed by atoms with Crippen LogP contribution in [0.15, 0.2) is 43.0 Å². The van der Waals surface area contributed by atoms with Gasteiger partial charge in [0, 0.05) is 19.5 Å². The maximum absolute atomic E-state index is 12.1. The summed E-state index contributed by atoms with van der Waals surface area (Å²) in [7, 11) is 0. The molecule has 1 aliphatic heterocycles. The van der Waals surface area contributed by atoms with Crippen LogP contribution in [-0.2, 0) is 11.2 Å².